The van der Waals surface area contributed by atoms with E-state index in [1.807, 2.05) is 30.3 Å². The zero-order chi connectivity index (χ0) is 19.1. The van der Waals surface area contributed by atoms with Crippen molar-refractivity contribution in [3.63, 3.8) is 0 Å². The number of nitrogens with two attached hydrogens (primary N) is 1. The number of hydrogen-bond acceptors (Lipinski definition) is 6. The number of hydrogen-bond donors (Lipinski definition) is 1. The van der Waals surface area contributed by atoms with E-state index in [0.29, 0.717) is 32.9 Å². The topological polar surface area (TPSA) is 90.6 Å². The molecule has 1 atom stereocenters. The number of nitriles is 1. The summed E-state index contributed by atoms with van der Waals surface area (Å²) in [4.78, 5) is 0. The Morgan fingerprint density at radius 3 is 2.70 bits per heavy atom. The van der Waals surface area contributed by atoms with Crippen molar-refractivity contribution in [1.29, 1.82) is 5.26 Å². The molecule has 0 fully saturated rings. The number of furan rings is 1. The van der Waals surface area contributed by atoms with Gasteiger partial charge in [0.1, 0.15) is 11.6 Å². The smallest absolute Gasteiger partial charge is 0.205 e. The highest BCUT2D eigenvalue weighted by Crippen LogP contribution is 2.48. The molecule has 6 nitrogen and oxygen atoms in total. The number of halogens is 1. The van der Waals surface area contributed by atoms with Crippen LogP contribution in [-0.4, -0.2) is 14.2 Å². The van der Waals surface area contributed by atoms with Crippen LogP contribution in [0.4, 0.5) is 0 Å². The molecule has 4 rings (SSSR count). The summed E-state index contributed by atoms with van der Waals surface area (Å²) in [5.41, 5.74) is 8.61. The molecule has 1 aromatic heterocycles. The molecule has 0 spiro atoms. The van der Waals surface area contributed by atoms with E-state index in [1.165, 1.54) is 0 Å². The summed E-state index contributed by atoms with van der Waals surface area (Å²) in [6.45, 7) is 0. The van der Waals surface area contributed by atoms with Crippen LogP contribution in [0.5, 0.6) is 17.2 Å². The van der Waals surface area contributed by atoms with E-state index >= 15 is 0 Å². The molecule has 136 valence electrons. The SMILES string of the molecule is COc1cc(C2C(C#N)=C(N)Oc3c2ccc2ccoc32)cc(Br)c1OC. The number of benzene rings is 2. The zero-order valence-corrected chi connectivity index (χ0v) is 16.2. The Bertz CT molecular complexity index is 1130. The number of fused-ring (bicyclic) bond motifs is 3. The number of nitrogens with zero attached hydrogens (tertiary/aromatic N) is 1. The van der Waals surface area contributed by atoms with Crippen LogP contribution in [0.25, 0.3) is 11.0 Å². The maximum absolute atomic E-state index is 9.73. The van der Waals surface area contributed by atoms with Gasteiger partial charge in [0.15, 0.2) is 22.8 Å². The lowest BCUT2D eigenvalue weighted by atomic mass is 9.83. The van der Waals surface area contributed by atoms with Gasteiger partial charge in [-0.05, 0) is 39.7 Å². The van der Waals surface area contributed by atoms with Crippen molar-refractivity contribution in [2.45, 2.75) is 5.92 Å². The fraction of sp³-hybridized carbons (Fsp3) is 0.150. The van der Waals surface area contributed by atoms with Gasteiger partial charge < -0.3 is 24.4 Å². The van der Waals surface area contributed by atoms with Crippen LogP contribution < -0.4 is 19.9 Å². The molecule has 0 aliphatic carbocycles. The lowest BCUT2D eigenvalue weighted by Gasteiger charge is -2.27. The summed E-state index contributed by atoms with van der Waals surface area (Å²) < 4.78 is 22.9. The normalized spacial score (nSPS) is 15.9. The molecule has 2 N–H and O–H groups in total. The lowest BCUT2D eigenvalue weighted by Crippen LogP contribution is -2.21. The third-order valence-corrected chi connectivity index (χ3v) is 5.18. The van der Waals surface area contributed by atoms with Gasteiger partial charge in [-0.25, -0.2) is 0 Å². The first kappa shape index (κ1) is 17.3. The van der Waals surface area contributed by atoms with Gasteiger partial charge >= 0.3 is 0 Å². The first-order valence-electron chi connectivity index (χ1n) is 8.08. The van der Waals surface area contributed by atoms with E-state index in [0.717, 1.165) is 16.5 Å². The number of rotatable bonds is 3. The Hall–Kier alpha value is -3.11. The molecule has 27 heavy (non-hydrogen) atoms. The van der Waals surface area contributed by atoms with Gasteiger partial charge in [-0.1, -0.05) is 12.1 Å². The van der Waals surface area contributed by atoms with Crippen LogP contribution in [0.3, 0.4) is 0 Å². The number of allylic oxidation sites excluding steroid dienone is 1. The van der Waals surface area contributed by atoms with Crippen LogP contribution in [-0.2, 0) is 0 Å². The van der Waals surface area contributed by atoms with Gasteiger partial charge in [0.25, 0.3) is 0 Å². The average Bonchev–Trinajstić information content (AvgIpc) is 3.15. The first-order valence-corrected chi connectivity index (χ1v) is 8.87. The van der Waals surface area contributed by atoms with Gasteiger partial charge in [-0.2, -0.15) is 5.26 Å². The summed E-state index contributed by atoms with van der Waals surface area (Å²) in [6.07, 6.45) is 1.59. The van der Waals surface area contributed by atoms with Crippen LogP contribution in [0.2, 0.25) is 0 Å². The van der Waals surface area contributed by atoms with Crippen LogP contribution in [0.1, 0.15) is 17.0 Å². The molecule has 1 aliphatic rings. The Labute approximate surface area is 163 Å². The summed E-state index contributed by atoms with van der Waals surface area (Å²) in [7, 11) is 3.13. The minimum absolute atomic E-state index is 0.0600. The minimum atomic E-state index is -0.427. The second-order valence-electron chi connectivity index (χ2n) is 5.99. The van der Waals surface area contributed by atoms with Gasteiger partial charge in [0.2, 0.25) is 5.88 Å². The van der Waals surface area contributed by atoms with Crippen molar-refractivity contribution in [2.75, 3.05) is 14.2 Å². The highest BCUT2D eigenvalue weighted by atomic mass is 79.9. The maximum atomic E-state index is 9.73. The molecule has 0 saturated heterocycles. The van der Waals surface area contributed by atoms with Crippen LogP contribution in [0.15, 0.2) is 56.9 Å². The minimum Gasteiger partial charge on any atom is -0.493 e. The fourth-order valence-electron chi connectivity index (χ4n) is 3.39. The summed E-state index contributed by atoms with van der Waals surface area (Å²) in [5.74, 6) is 1.27. The zero-order valence-electron chi connectivity index (χ0n) is 14.6. The van der Waals surface area contributed by atoms with Crippen LogP contribution in [0, 0.1) is 11.3 Å². The van der Waals surface area contributed by atoms with Crippen molar-refractivity contribution in [1.82, 2.24) is 0 Å². The van der Waals surface area contributed by atoms with Gasteiger partial charge in [0, 0.05) is 10.9 Å². The molecule has 3 aromatic rings. The second kappa shape index (κ2) is 6.56. The Morgan fingerprint density at radius 1 is 1.19 bits per heavy atom. The van der Waals surface area contributed by atoms with E-state index in [9.17, 15) is 5.26 Å². The van der Waals surface area contributed by atoms with E-state index in [-0.39, 0.29) is 5.88 Å². The predicted octanol–water partition coefficient (Wildman–Crippen LogP) is 4.43. The third-order valence-electron chi connectivity index (χ3n) is 4.59. The van der Waals surface area contributed by atoms with Gasteiger partial charge in [0.05, 0.1) is 30.9 Å². The van der Waals surface area contributed by atoms with Crippen molar-refractivity contribution in [2.24, 2.45) is 5.73 Å². The molecular weight excluding hydrogens is 412 g/mol. The van der Waals surface area contributed by atoms with E-state index < -0.39 is 5.92 Å². The molecule has 0 bridgehead atoms. The largest absolute Gasteiger partial charge is 0.493 e. The summed E-state index contributed by atoms with van der Waals surface area (Å²) >= 11 is 3.51. The van der Waals surface area contributed by atoms with Crippen molar-refractivity contribution in [3.05, 3.63) is 63.7 Å². The molecule has 0 radical (unpaired) electrons. The standard InChI is InChI=1S/C20H15BrN2O4/c1-24-15-8-11(7-14(21)19(15)25-2)16-12-4-3-10-5-6-26-17(10)18(12)27-20(23)13(16)9-22/h3-8,16H,23H2,1-2H3. The van der Waals surface area contributed by atoms with Gasteiger partial charge in [-0.3, -0.25) is 0 Å². The fourth-order valence-corrected chi connectivity index (χ4v) is 4.01. The summed E-state index contributed by atoms with van der Waals surface area (Å²) in [5, 5.41) is 10.6. The molecule has 0 amide bonds. The van der Waals surface area contributed by atoms with Crippen molar-refractivity contribution in [3.8, 4) is 23.3 Å². The van der Waals surface area contributed by atoms with E-state index in [2.05, 4.69) is 22.0 Å². The molecule has 0 saturated carbocycles. The number of ether oxygens (including phenoxy) is 3. The number of methoxy groups -OCH3 is 2. The highest BCUT2D eigenvalue weighted by molar-refractivity contribution is 9.10. The molecule has 2 heterocycles. The first-order chi connectivity index (χ1) is 13.1. The van der Waals surface area contributed by atoms with Crippen LogP contribution >= 0.6 is 15.9 Å². The maximum Gasteiger partial charge on any atom is 0.205 e. The average molecular weight is 427 g/mol. The molecule has 1 aliphatic heterocycles. The van der Waals surface area contributed by atoms with E-state index in [1.54, 1.807) is 20.5 Å². The highest BCUT2D eigenvalue weighted by Gasteiger charge is 2.33. The quantitative estimate of drug-likeness (QED) is 0.665. The summed E-state index contributed by atoms with van der Waals surface area (Å²) in [6, 6.07) is 11.6. The lowest BCUT2D eigenvalue weighted by molar-refractivity contribution is 0.352. The molecule has 7 heteroatoms. The Morgan fingerprint density at radius 2 is 2.00 bits per heavy atom. The third kappa shape index (κ3) is 2.61. The second-order valence-corrected chi connectivity index (χ2v) is 6.84. The molecular formula is C20H15BrN2O4. The Balaban J connectivity index is 1.99. The predicted molar refractivity (Wildman–Crippen MR) is 103 cm³/mol. The molecule has 2 aromatic carbocycles. The van der Waals surface area contributed by atoms with E-state index in [4.69, 9.17) is 24.4 Å². The van der Waals surface area contributed by atoms with Crippen molar-refractivity contribution >= 4 is 26.9 Å². The van der Waals surface area contributed by atoms with Gasteiger partial charge in [-0.15, -0.1) is 0 Å². The monoisotopic (exact) mass is 426 g/mol. The molecule has 1 unspecified atom stereocenters. The van der Waals surface area contributed by atoms with Crippen molar-refractivity contribution < 1.29 is 18.6 Å². The Kier molecular flexibility index (Phi) is 4.21.